The van der Waals surface area contributed by atoms with Crippen LogP contribution in [-0.2, 0) is 28.0 Å². The van der Waals surface area contributed by atoms with Crippen LogP contribution in [0.1, 0.15) is 69.6 Å². The van der Waals surface area contributed by atoms with E-state index in [2.05, 4.69) is 26.1 Å². The predicted molar refractivity (Wildman–Crippen MR) is 167 cm³/mol. The highest BCUT2D eigenvalue weighted by Gasteiger charge is 2.33. The van der Waals surface area contributed by atoms with Gasteiger partial charge in [-0.15, -0.1) is 0 Å². The molecule has 4 rings (SSSR count). The summed E-state index contributed by atoms with van der Waals surface area (Å²) in [4.78, 5) is 29.4. The highest BCUT2D eigenvalue weighted by Crippen LogP contribution is 2.28. The molecule has 3 aromatic rings. The van der Waals surface area contributed by atoms with Crippen LogP contribution in [-0.4, -0.2) is 35.4 Å². The van der Waals surface area contributed by atoms with Crippen molar-refractivity contribution in [3.8, 4) is 5.75 Å². The average molecular weight is 596 g/mol. The summed E-state index contributed by atoms with van der Waals surface area (Å²) in [5.74, 6) is 0.0979. The van der Waals surface area contributed by atoms with E-state index >= 15 is 0 Å². The number of halogens is 2. The third-order valence-electron chi connectivity index (χ3n) is 7.70. The van der Waals surface area contributed by atoms with Crippen molar-refractivity contribution in [1.29, 1.82) is 0 Å². The Labute approximate surface area is 254 Å². The van der Waals surface area contributed by atoms with E-state index in [9.17, 15) is 9.59 Å². The standard InChI is InChI=1S/C34H40Cl2N2O3/c1-34(2,3)25-17-19-27(20-18-25)41-23-32(39)38(22-28-29(35)15-10-16-30(28)36)31(21-24-11-6-4-7-12-24)33(40)37-26-13-8-5-9-14-26/h4,6-7,10-12,15-20,26,31H,5,8-9,13-14,21-23H2,1-3H3,(H,37,40). The van der Waals surface area contributed by atoms with E-state index in [1.807, 2.05) is 54.6 Å². The molecular weight excluding hydrogens is 555 g/mol. The van der Waals surface area contributed by atoms with Gasteiger partial charge in [-0.25, -0.2) is 0 Å². The van der Waals surface area contributed by atoms with Crippen LogP contribution in [0.5, 0.6) is 5.75 Å². The van der Waals surface area contributed by atoms with Crippen LogP contribution in [0, 0.1) is 0 Å². The first-order valence-corrected chi connectivity index (χ1v) is 15.2. The van der Waals surface area contributed by atoms with Crippen molar-refractivity contribution in [3.05, 3.63) is 99.5 Å². The number of carbonyl (C=O) groups is 2. The molecule has 0 aromatic heterocycles. The molecule has 7 heteroatoms. The Bertz CT molecular complexity index is 1280. The van der Waals surface area contributed by atoms with Crippen LogP contribution >= 0.6 is 23.2 Å². The lowest BCUT2D eigenvalue weighted by atomic mass is 9.87. The summed E-state index contributed by atoms with van der Waals surface area (Å²) in [6, 6.07) is 22.1. The Hall–Kier alpha value is -3.02. The first-order chi connectivity index (χ1) is 19.6. The van der Waals surface area contributed by atoms with Gasteiger partial charge in [0, 0.05) is 34.6 Å². The molecular formula is C34H40Cl2N2O3. The number of hydrogen-bond donors (Lipinski definition) is 1. The molecule has 0 aliphatic heterocycles. The van der Waals surface area contributed by atoms with Gasteiger partial charge < -0.3 is 15.0 Å². The summed E-state index contributed by atoms with van der Waals surface area (Å²) in [6.07, 6.45) is 5.61. The van der Waals surface area contributed by atoms with E-state index < -0.39 is 6.04 Å². The van der Waals surface area contributed by atoms with Gasteiger partial charge in [0.2, 0.25) is 5.91 Å². The third-order valence-corrected chi connectivity index (χ3v) is 8.40. The van der Waals surface area contributed by atoms with Gasteiger partial charge in [0.1, 0.15) is 11.8 Å². The summed E-state index contributed by atoms with van der Waals surface area (Å²) in [7, 11) is 0. The molecule has 1 N–H and O–H groups in total. The molecule has 5 nitrogen and oxygen atoms in total. The lowest BCUT2D eigenvalue weighted by Crippen LogP contribution is -2.53. The maximum Gasteiger partial charge on any atom is 0.261 e. The first-order valence-electron chi connectivity index (χ1n) is 14.4. The first kappa shape index (κ1) is 30.9. The molecule has 1 aliphatic rings. The maximum absolute atomic E-state index is 13.9. The molecule has 1 fully saturated rings. The monoisotopic (exact) mass is 594 g/mol. The molecule has 1 saturated carbocycles. The minimum absolute atomic E-state index is 0.00965. The van der Waals surface area contributed by atoms with Crippen molar-refractivity contribution in [1.82, 2.24) is 10.2 Å². The van der Waals surface area contributed by atoms with Crippen molar-refractivity contribution in [2.45, 2.75) is 83.3 Å². The zero-order chi connectivity index (χ0) is 29.4. The number of hydrogen-bond acceptors (Lipinski definition) is 3. The molecule has 0 heterocycles. The number of ether oxygens (including phenoxy) is 1. The number of amides is 2. The summed E-state index contributed by atoms with van der Waals surface area (Å²) in [5.41, 5.74) is 2.74. The molecule has 0 saturated heterocycles. The molecule has 0 spiro atoms. The number of rotatable bonds is 10. The minimum Gasteiger partial charge on any atom is -0.484 e. The van der Waals surface area contributed by atoms with E-state index in [1.165, 1.54) is 12.0 Å². The van der Waals surface area contributed by atoms with Crippen LogP contribution in [0.25, 0.3) is 0 Å². The Morgan fingerprint density at radius 1 is 0.902 bits per heavy atom. The van der Waals surface area contributed by atoms with Gasteiger partial charge in [-0.2, -0.15) is 0 Å². The van der Waals surface area contributed by atoms with Gasteiger partial charge in [-0.3, -0.25) is 9.59 Å². The van der Waals surface area contributed by atoms with Crippen LogP contribution in [0.2, 0.25) is 10.0 Å². The quantitative estimate of drug-likeness (QED) is 0.261. The predicted octanol–water partition coefficient (Wildman–Crippen LogP) is 7.76. The van der Waals surface area contributed by atoms with Crippen LogP contribution in [0.15, 0.2) is 72.8 Å². The van der Waals surface area contributed by atoms with Crippen molar-refractivity contribution in [2.24, 2.45) is 0 Å². The molecule has 1 unspecified atom stereocenters. The molecule has 1 aliphatic carbocycles. The van der Waals surface area contributed by atoms with Gasteiger partial charge in [0.25, 0.3) is 5.91 Å². The second-order valence-corrected chi connectivity index (χ2v) is 12.6. The Morgan fingerprint density at radius 2 is 1.54 bits per heavy atom. The second-order valence-electron chi connectivity index (χ2n) is 11.8. The van der Waals surface area contributed by atoms with Crippen LogP contribution in [0.3, 0.4) is 0 Å². The summed E-state index contributed by atoms with van der Waals surface area (Å²) in [5, 5.41) is 4.13. The minimum atomic E-state index is -0.772. The zero-order valence-electron chi connectivity index (χ0n) is 24.2. The fourth-order valence-electron chi connectivity index (χ4n) is 5.23. The lowest BCUT2D eigenvalue weighted by Gasteiger charge is -2.33. The van der Waals surface area contributed by atoms with Crippen molar-refractivity contribution in [3.63, 3.8) is 0 Å². The Kier molecular flexibility index (Phi) is 10.7. The van der Waals surface area contributed by atoms with Crippen molar-refractivity contribution in [2.75, 3.05) is 6.61 Å². The van der Waals surface area contributed by atoms with Crippen LogP contribution in [0.4, 0.5) is 0 Å². The fourth-order valence-corrected chi connectivity index (χ4v) is 5.75. The summed E-state index contributed by atoms with van der Waals surface area (Å²) >= 11 is 13.1. The number of carbonyl (C=O) groups excluding carboxylic acids is 2. The molecule has 41 heavy (non-hydrogen) atoms. The largest absolute Gasteiger partial charge is 0.484 e. The SMILES string of the molecule is CC(C)(C)c1ccc(OCC(=O)N(Cc2c(Cl)cccc2Cl)C(Cc2ccccc2)C(=O)NC2CCCCC2)cc1. The van der Waals surface area contributed by atoms with Crippen molar-refractivity contribution >= 4 is 35.0 Å². The Morgan fingerprint density at radius 3 is 2.15 bits per heavy atom. The summed E-state index contributed by atoms with van der Waals surface area (Å²) in [6.45, 7) is 6.30. The molecule has 3 aromatic carbocycles. The van der Waals surface area contributed by atoms with E-state index in [4.69, 9.17) is 27.9 Å². The number of nitrogens with one attached hydrogen (secondary N) is 1. The molecule has 218 valence electrons. The van der Waals surface area contributed by atoms with E-state index in [-0.39, 0.29) is 36.4 Å². The molecule has 1 atom stereocenters. The average Bonchev–Trinajstić information content (AvgIpc) is 2.96. The lowest BCUT2D eigenvalue weighted by molar-refractivity contribution is -0.143. The van der Waals surface area contributed by atoms with Crippen molar-refractivity contribution < 1.29 is 14.3 Å². The topological polar surface area (TPSA) is 58.6 Å². The third kappa shape index (κ3) is 8.73. The van der Waals surface area contributed by atoms with E-state index in [1.54, 1.807) is 23.1 Å². The van der Waals surface area contributed by atoms with E-state index in [0.29, 0.717) is 27.8 Å². The molecule has 0 bridgehead atoms. The molecule has 0 radical (unpaired) electrons. The Balaban J connectivity index is 1.62. The van der Waals surface area contributed by atoms with Gasteiger partial charge in [0.15, 0.2) is 6.61 Å². The fraction of sp³-hybridized carbons (Fsp3) is 0.412. The number of benzene rings is 3. The van der Waals surface area contributed by atoms with Crippen LogP contribution < -0.4 is 10.1 Å². The highest BCUT2D eigenvalue weighted by atomic mass is 35.5. The van der Waals surface area contributed by atoms with Gasteiger partial charge in [-0.1, -0.05) is 112 Å². The summed E-state index contributed by atoms with van der Waals surface area (Å²) < 4.78 is 5.96. The molecule has 2 amide bonds. The zero-order valence-corrected chi connectivity index (χ0v) is 25.7. The smallest absolute Gasteiger partial charge is 0.261 e. The normalized spacial score (nSPS) is 14.8. The van der Waals surface area contributed by atoms with Gasteiger partial charge >= 0.3 is 0 Å². The van der Waals surface area contributed by atoms with Gasteiger partial charge in [-0.05, 0) is 53.6 Å². The van der Waals surface area contributed by atoms with E-state index in [0.717, 1.165) is 31.2 Å². The highest BCUT2D eigenvalue weighted by molar-refractivity contribution is 6.36. The second kappa shape index (κ2) is 14.2. The van der Waals surface area contributed by atoms with Gasteiger partial charge in [0.05, 0.1) is 0 Å². The maximum atomic E-state index is 13.9. The number of nitrogens with zero attached hydrogens (tertiary/aromatic N) is 1.